The zero-order valence-electron chi connectivity index (χ0n) is 11.9. The van der Waals surface area contributed by atoms with Crippen molar-refractivity contribution >= 4 is 17.6 Å². The molecule has 114 valence electrons. The highest BCUT2D eigenvalue weighted by Gasteiger charge is 2.16. The van der Waals surface area contributed by atoms with Crippen molar-refractivity contribution in [2.24, 2.45) is 0 Å². The number of nitrogens with zero attached hydrogens (tertiary/aromatic N) is 2. The first-order valence-corrected chi connectivity index (χ1v) is 6.16. The number of carbonyl (C=O) groups excluding carboxylic acids is 2. The molecule has 1 heterocycles. The molecule has 2 aromatic rings. The van der Waals surface area contributed by atoms with Gasteiger partial charge in [0.05, 0.1) is 31.5 Å². The number of ether oxygens (including phenoxy) is 2. The van der Waals surface area contributed by atoms with Gasteiger partial charge in [0.2, 0.25) is 12.3 Å². The van der Waals surface area contributed by atoms with Gasteiger partial charge in [0.25, 0.3) is 0 Å². The summed E-state index contributed by atoms with van der Waals surface area (Å²) < 4.78 is 14.3. The molecule has 8 heteroatoms. The van der Waals surface area contributed by atoms with Crippen LogP contribution in [0.2, 0.25) is 0 Å². The summed E-state index contributed by atoms with van der Waals surface area (Å²) in [5.41, 5.74) is 0.980. The van der Waals surface area contributed by atoms with E-state index in [1.165, 1.54) is 20.6 Å². The first kappa shape index (κ1) is 15.2. The van der Waals surface area contributed by atoms with E-state index in [1.807, 2.05) is 0 Å². The number of methoxy groups -OCH3 is 2. The Morgan fingerprint density at radius 3 is 2.64 bits per heavy atom. The minimum absolute atomic E-state index is 0.0821. The number of hydrogen-bond acceptors (Lipinski definition) is 8. The molecule has 1 aromatic carbocycles. The van der Waals surface area contributed by atoms with Crippen molar-refractivity contribution in [1.82, 2.24) is 10.2 Å². The van der Waals surface area contributed by atoms with Crippen molar-refractivity contribution in [2.75, 3.05) is 19.5 Å². The van der Waals surface area contributed by atoms with Gasteiger partial charge in [-0.3, -0.25) is 0 Å². The first-order valence-electron chi connectivity index (χ1n) is 6.16. The first-order chi connectivity index (χ1) is 10.7. The lowest BCUT2D eigenvalue weighted by molar-refractivity contribution is -0.138. The minimum atomic E-state index is -0.717. The third-order valence-corrected chi connectivity index (χ3v) is 2.66. The molecule has 0 saturated carbocycles. The average Bonchev–Trinajstić information content (AvgIpc) is 3.08. The number of anilines is 1. The van der Waals surface area contributed by atoms with E-state index < -0.39 is 11.9 Å². The molecule has 0 aliphatic heterocycles. The molecular weight excluding hydrogens is 290 g/mol. The second-order valence-corrected chi connectivity index (χ2v) is 3.99. The van der Waals surface area contributed by atoms with E-state index in [9.17, 15) is 9.59 Å². The Balaban J connectivity index is 2.37. The van der Waals surface area contributed by atoms with Gasteiger partial charge in [-0.2, -0.15) is 0 Å². The lowest BCUT2D eigenvalue weighted by Gasteiger charge is -2.11. The third kappa shape index (κ3) is 3.48. The van der Waals surface area contributed by atoms with Crippen molar-refractivity contribution in [2.45, 2.75) is 0 Å². The molecule has 0 amide bonds. The molecule has 1 aromatic heterocycles. The van der Waals surface area contributed by atoms with Crippen molar-refractivity contribution in [3.63, 3.8) is 0 Å². The van der Waals surface area contributed by atoms with E-state index in [2.05, 4.69) is 25.0 Å². The number of nitrogens with one attached hydrogen (secondary N) is 1. The minimum Gasteiger partial charge on any atom is -0.466 e. The van der Waals surface area contributed by atoms with Gasteiger partial charge in [-0.05, 0) is 12.1 Å². The maximum absolute atomic E-state index is 11.8. The Morgan fingerprint density at radius 1 is 1.23 bits per heavy atom. The number of rotatable bonds is 5. The van der Waals surface area contributed by atoms with Crippen LogP contribution in [0.5, 0.6) is 0 Å². The van der Waals surface area contributed by atoms with Crippen molar-refractivity contribution in [3.8, 4) is 11.5 Å². The molecule has 0 unspecified atom stereocenters. The second kappa shape index (κ2) is 7.02. The average molecular weight is 303 g/mol. The summed E-state index contributed by atoms with van der Waals surface area (Å²) >= 11 is 0. The largest absolute Gasteiger partial charge is 0.466 e. The van der Waals surface area contributed by atoms with Crippen LogP contribution < -0.4 is 5.32 Å². The van der Waals surface area contributed by atoms with Crippen LogP contribution in [-0.2, 0) is 19.1 Å². The zero-order chi connectivity index (χ0) is 15.9. The van der Waals surface area contributed by atoms with Crippen LogP contribution in [-0.4, -0.2) is 36.4 Å². The molecule has 0 aliphatic carbocycles. The maximum Gasteiger partial charge on any atom is 0.354 e. The lowest BCUT2D eigenvalue weighted by atomic mass is 10.1. The van der Waals surface area contributed by atoms with E-state index in [0.29, 0.717) is 11.3 Å². The quantitative estimate of drug-likeness (QED) is 0.652. The summed E-state index contributed by atoms with van der Waals surface area (Å²) in [6, 6.07) is 6.93. The second-order valence-electron chi connectivity index (χ2n) is 3.99. The van der Waals surface area contributed by atoms with Gasteiger partial charge in [0.15, 0.2) is 0 Å². The van der Waals surface area contributed by atoms with Crippen LogP contribution in [0.1, 0.15) is 0 Å². The predicted molar refractivity (Wildman–Crippen MR) is 75.5 cm³/mol. The maximum atomic E-state index is 11.8. The number of carbonyl (C=O) groups is 2. The van der Waals surface area contributed by atoms with Gasteiger partial charge < -0.3 is 19.2 Å². The van der Waals surface area contributed by atoms with E-state index in [-0.39, 0.29) is 11.6 Å². The fraction of sp³-hybridized carbons (Fsp3) is 0.143. The van der Waals surface area contributed by atoms with Crippen LogP contribution in [0, 0.1) is 0 Å². The molecule has 0 bridgehead atoms. The smallest absolute Gasteiger partial charge is 0.354 e. The standard InChI is InChI=1S/C14H13N3O5/c1-20-12(18)7-11(14(19)21-2)16-10-6-4-3-5-9(10)13-17-15-8-22-13/h3-8,16H,1-2H3/b11-7+. The fourth-order valence-electron chi connectivity index (χ4n) is 1.65. The van der Waals surface area contributed by atoms with Crippen LogP contribution >= 0.6 is 0 Å². The number of hydrogen-bond donors (Lipinski definition) is 1. The SMILES string of the molecule is COC(=O)/C=C(/Nc1ccccc1-c1nnco1)C(=O)OC. The summed E-state index contributed by atoms with van der Waals surface area (Å²) in [6.45, 7) is 0. The Kier molecular flexibility index (Phi) is 4.86. The summed E-state index contributed by atoms with van der Waals surface area (Å²) in [4.78, 5) is 23.1. The van der Waals surface area contributed by atoms with Crippen LogP contribution in [0.15, 0.2) is 46.8 Å². The molecule has 0 aliphatic rings. The highest BCUT2D eigenvalue weighted by atomic mass is 16.5. The number of para-hydroxylation sites is 1. The summed E-state index contributed by atoms with van der Waals surface area (Å²) in [5.74, 6) is -1.14. The number of aromatic nitrogens is 2. The molecule has 22 heavy (non-hydrogen) atoms. The monoisotopic (exact) mass is 303 g/mol. The van der Waals surface area contributed by atoms with E-state index in [1.54, 1.807) is 24.3 Å². The van der Waals surface area contributed by atoms with E-state index >= 15 is 0 Å². The Hall–Kier alpha value is -3.16. The predicted octanol–water partition coefficient (Wildman–Crippen LogP) is 1.38. The number of esters is 2. The number of benzene rings is 1. The molecule has 0 spiro atoms. The molecule has 2 rings (SSSR count). The van der Waals surface area contributed by atoms with E-state index in [0.717, 1.165) is 6.08 Å². The third-order valence-electron chi connectivity index (χ3n) is 2.66. The molecule has 0 saturated heterocycles. The Bertz CT molecular complexity index is 694. The summed E-state index contributed by atoms with van der Waals surface area (Å²) in [6.07, 6.45) is 2.19. The van der Waals surface area contributed by atoms with Crippen LogP contribution in [0.4, 0.5) is 5.69 Å². The van der Waals surface area contributed by atoms with Crippen molar-refractivity contribution in [3.05, 3.63) is 42.4 Å². The van der Waals surface area contributed by atoms with Gasteiger partial charge in [0, 0.05) is 0 Å². The fourth-order valence-corrected chi connectivity index (χ4v) is 1.65. The van der Waals surface area contributed by atoms with Crippen molar-refractivity contribution in [1.29, 1.82) is 0 Å². The lowest BCUT2D eigenvalue weighted by Crippen LogP contribution is -2.15. The summed E-state index contributed by atoms with van der Waals surface area (Å²) in [5, 5.41) is 10.2. The van der Waals surface area contributed by atoms with Crippen LogP contribution in [0.25, 0.3) is 11.5 Å². The molecule has 8 nitrogen and oxygen atoms in total. The van der Waals surface area contributed by atoms with Gasteiger partial charge in [-0.15, -0.1) is 10.2 Å². The topological polar surface area (TPSA) is 104 Å². The van der Waals surface area contributed by atoms with Crippen LogP contribution in [0.3, 0.4) is 0 Å². The van der Waals surface area contributed by atoms with Gasteiger partial charge in [-0.25, -0.2) is 9.59 Å². The molecule has 0 atom stereocenters. The molecule has 0 fully saturated rings. The molecular formula is C14H13N3O5. The molecule has 0 radical (unpaired) electrons. The normalized spacial score (nSPS) is 10.9. The summed E-state index contributed by atoms with van der Waals surface area (Å²) in [7, 11) is 2.42. The highest BCUT2D eigenvalue weighted by Crippen LogP contribution is 2.27. The van der Waals surface area contributed by atoms with Gasteiger partial charge in [-0.1, -0.05) is 12.1 Å². The molecule has 1 N–H and O–H groups in total. The Labute approximate surface area is 125 Å². The highest BCUT2D eigenvalue weighted by molar-refractivity contribution is 5.99. The van der Waals surface area contributed by atoms with E-state index in [4.69, 9.17) is 4.42 Å². The van der Waals surface area contributed by atoms with Crippen molar-refractivity contribution < 1.29 is 23.5 Å². The Morgan fingerprint density at radius 2 is 2.00 bits per heavy atom. The van der Waals surface area contributed by atoms with Gasteiger partial charge >= 0.3 is 11.9 Å². The zero-order valence-corrected chi connectivity index (χ0v) is 11.9. The van der Waals surface area contributed by atoms with Gasteiger partial charge in [0.1, 0.15) is 5.70 Å².